The van der Waals surface area contributed by atoms with Crippen LogP contribution in [0.4, 0.5) is 11.4 Å². The molecule has 0 aliphatic rings. The van der Waals surface area contributed by atoms with Gasteiger partial charge in [-0.1, -0.05) is 90.9 Å². The molecule has 0 unspecified atom stereocenters. The Hall–Kier alpha value is -8.43. The SMILES string of the molecule is Bc1cc(O)ccc1C(/C=C\N(c1ccc(-c2ccc3ccc4oc5ccccc5c4c3c2)cc1)c1cccc(-c2c(O)c(B)c(O)c3c2oc2c(O)c(C)c(O)c(O)c23)c1)=C/C=C. The number of aromatic hydroxyl groups is 6. The first-order valence-electron chi connectivity index (χ1n) is 20.6. The molecule has 0 spiro atoms. The van der Waals surface area contributed by atoms with Crippen molar-refractivity contribution in [3.63, 3.8) is 0 Å². The number of phenolic OH excluding ortho intramolecular Hbond substituents is 6. The highest BCUT2D eigenvalue weighted by Crippen LogP contribution is 2.53. The summed E-state index contributed by atoms with van der Waals surface area (Å²) in [7, 11) is 3.46. The molecule has 64 heavy (non-hydrogen) atoms. The van der Waals surface area contributed by atoms with Crippen molar-refractivity contribution in [2.45, 2.75) is 6.92 Å². The van der Waals surface area contributed by atoms with Gasteiger partial charge in [0.05, 0.1) is 16.3 Å². The summed E-state index contributed by atoms with van der Waals surface area (Å²) >= 11 is 0. The van der Waals surface area contributed by atoms with Crippen molar-refractivity contribution in [1.29, 1.82) is 0 Å². The lowest BCUT2D eigenvalue weighted by molar-refractivity contribution is 0.396. The summed E-state index contributed by atoms with van der Waals surface area (Å²) in [6, 6.07) is 39.5. The van der Waals surface area contributed by atoms with Crippen molar-refractivity contribution >= 4 is 98.2 Å². The molecule has 2 aromatic heterocycles. The topological polar surface area (TPSA) is 151 Å². The summed E-state index contributed by atoms with van der Waals surface area (Å²) < 4.78 is 12.4. The van der Waals surface area contributed by atoms with Gasteiger partial charge < -0.3 is 44.4 Å². The zero-order chi connectivity index (χ0) is 44.6. The van der Waals surface area contributed by atoms with E-state index in [1.807, 2.05) is 91.8 Å². The minimum atomic E-state index is -0.567. The minimum absolute atomic E-state index is 0.00152. The van der Waals surface area contributed by atoms with Crippen LogP contribution in [0.5, 0.6) is 34.5 Å². The van der Waals surface area contributed by atoms with Gasteiger partial charge in [0.2, 0.25) is 0 Å². The molecule has 0 saturated carbocycles. The van der Waals surface area contributed by atoms with Crippen molar-refractivity contribution in [2.24, 2.45) is 0 Å². The third kappa shape index (κ3) is 6.28. The van der Waals surface area contributed by atoms with E-state index in [4.69, 9.17) is 8.83 Å². The van der Waals surface area contributed by atoms with E-state index in [0.717, 1.165) is 66.1 Å². The van der Waals surface area contributed by atoms with Gasteiger partial charge in [0.15, 0.2) is 28.4 Å². The van der Waals surface area contributed by atoms with Crippen LogP contribution < -0.4 is 15.8 Å². The number of anilines is 2. The molecule has 10 rings (SSSR count). The first kappa shape index (κ1) is 39.7. The smallest absolute Gasteiger partial charge is 0.181 e. The summed E-state index contributed by atoms with van der Waals surface area (Å²) in [6.07, 6.45) is 7.51. The summed E-state index contributed by atoms with van der Waals surface area (Å²) in [4.78, 5) is 2.00. The Morgan fingerprint density at radius 3 is 2.12 bits per heavy atom. The third-order valence-corrected chi connectivity index (χ3v) is 12.2. The van der Waals surface area contributed by atoms with Crippen molar-refractivity contribution in [3.8, 4) is 56.8 Å². The molecular weight excluding hydrogens is 800 g/mol. The van der Waals surface area contributed by atoms with Crippen LogP contribution in [0.2, 0.25) is 0 Å². The van der Waals surface area contributed by atoms with E-state index in [0.29, 0.717) is 11.3 Å². The average Bonchev–Trinajstić information content (AvgIpc) is 3.90. The number of phenols is 6. The van der Waals surface area contributed by atoms with Gasteiger partial charge in [0.25, 0.3) is 0 Å². The third-order valence-electron chi connectivity index (χ3n) is 12.2. The molecule has 310 valence electrons. The maximum absolute atomic E-state index is 11.7. The fraction of sp³-hybridized carbons (Fsp3) is 0.0189. The Labute approximate surface area is 368 Å². The van der Waals surface area contributed by atoms with Crippen LogP contribution in [0.1, 0.15) is 11.1 Å². The monoisotopic (exact) mass is 839 g/mol. The Bertz CT molecular complexity index is 3640. The fourth-order valence-corrected chi connectivity index (χ4v) is 8.83. The lowest BCUT2D eigenvalue weighted by Gasteiger charge is -2.23. The Morgan fingerprint density at radius 1 is 0.594 bits per heavy atom. The minimum Gasteiger partial charge on any atom is -0.508 e. The molecule has 8 aromatic carbocycles. The lowest BCUT2D eigenvalue weighted by atomic mass is 9.86. The van der Waals surface area contributed by atoms with Crippen LogP contribution in [0.15, 0.2) is 161 Å². The summed E-state index contributed by atoms with van der Waals surface area (Å²) in [5, 5.41) is 70.3. The molecular formula is C53H39B2NO8. The highest BCUT2D eigenvalue weighted by molar-refractivity contribution is 6.40. The first-order chi connectivity index (χ1) is 30.9. The number of nitrogens with zero attached hydrogens (tertiary/aromatic N) is 1. The van der Waals surface area contributed by atoms with E-state index < -0.39 is 17.2 Å². The number of rotatable bonds is 8. The molecule has 11 heteroatoms. The van der Waals surface area contributed by atoms with Crippen LogP contribution >= 0.6 is 0 Å². The summed E-state index contributed by atoms with van der Waals surface area (Å²) in [5.74, 6) is -1.98. The number of hydrogen-bond acceptors (Lipinski definition) is 9. The first-order valence-corrected chi connectivity index (χ1v) is 20.6. The zero-order valence-corrected chi connectivity index (χ0v) is 35.0. The second-order valence-electron chi connectivity index (χ2n) is 16.0. The Kier molecular flexibility index (Phi) is 9.41. The largest absolute Gasteiger partial charge is 0.508 e. The molecule has 0 radical (unpaired) electrons. The lowest BCUT2D eigenvalue weighted by Crippen LogP contribution is -2.11. The molecule has 0 bridgehead atoms. The van der Waals surface area contributed by atoms with Crippen LogP contribution in [0.25, 0.3) is 82.5 Å². The van der Waals surface area contributed by atoms with E-state index in [9.17, 15) is 30.6 Å². The molecule has 9 nitrogen and oxygen atoms in total. The molecule has 0 saturated heterocycles. The second-order valence-corrected chi connectivity index (χ2v) is 16.0. The number of benzene rings is 8. The molecule has 0 aliphatic carbocycles. The molecule has 0 fully saturated rings. The number of hydrogen-bond donors (Lipinski definition) is 6. The molecule has 0 atom stereocenters. The molecule has 0 amide bonds. The number of allylic oxidation sites excluding steroid dienone is 4. The van der Waals surface area contributed by atoms with Gasteiger partial charge in [0, 0.05) is 33.9 Å². The van der Waals surface area contributed by atoms with Gasteiger partial charge >= 0.3 is 0 Å². The van der Waals surface area contributed by atoms with Gasteiger partial charge in [0.1, 0.15) is 44.1 Å². The molecule has 0 aliphatic heterocycles. The van der Waals surface area contributed by atoms with Crippen LogP contribution in [-0.4, -0.2) is 46.3 Å². The summed E-state index contributed by atoms with van der Waals surface area (Å²) in [5.41, 5.74) is 8.51. The number of para-hydroxylation sites is 1. The van der Waals surface area contributed by atoms with Gasteiger partial charge in [-0.2, -0.15) is 0 Å². The van der Waals surface area contributed by atoms with E-state index in [1.165, 1.54) is 14.8 Å². The predicted octanol–water partition coefficient (Wildman–Crippen LogP) is 9.95. The normalized spacial score (nSPS) is 12.1. The van der Waals surface area contributed by atoms with Crippen molar-refractivity contribution < 1.29 is 39.5 Å². The molecule has 10 aromatic rings. The Balaban J connectivity index is 1.12. The molecule has 6 N–H and O–H groups in total. The van der Waals surface area contributed by atoms with Crippen LogP contribution in [-0.2, 0) is 0 Å². The van der Waals surface area contributed by atoms with Crippen LogP contribution in [0, 0.1) is 6.92 Å². The van der Waals surface area contributed by atoms with Gasteiger partial charge in [-0.15, -0.1) is 0 Å². The average molecular weight is 840 g/mol. The van der Waals surface area contributed by atoms with Gasteiger partial charge in [-0.05, 0) is 112 Å². The Morgan fingerprint density at radius 2 is 1.34 bits per heavy atom. The van der Waals surface area contributed by atoms with Crippen molar-refractivity contribution in [3.05, 3.63) is 163 Å². The quantitative estimate of drug-likeness (QED) is 0.0380. The predicted molar refractivity (Wildman–Crippen MR) is 263 cm³/mol. The highest BCUT2D eigenvalue weighted by Gasteiger charge is 2.29. The maximum atomic E-state index is 11.7. The van der Waals surface area contributed by atoms with Gasteiger partial charge in [-0.3, -0.25) is 0 Å². The standard InChI is InChI=1S/C53H39B2NO8/c1-3-7-29(36-20-19-35(57)26-39(36)54)22-23-56(33-17-14-28(15-18-33)31-13-12-30-16-21-41-43(38(30)25-31)37-10-4-5-11-40(37)63-41)34-9-6-8-32(24-34)42-49(60)46(55)50(61)44-45-51(62)47(58)27(2)48(59)53(45)64-52(42)44/h3-26,57-62H,1,54-55H2,2H3/b23-22-,29-7+. The van der Waals surface area contributed by atoms with Crippen LogP contribution in [0.3, 0.4) is 0 Å². The zero-order valence-electron chi connectivity index (χ0n) is 35.0. The molecule has 2 heterocycles. The van der Waals surface area contributed by atoms with Crippen molar-refractivity contribution in [1.82, 2.24) is 0 Å². The highest BCUT2D eigenvalue weighted by atomic mass is 16.4. The van der Waals surface area contributed by atoms with Gasteiger partial charge in [-0.25, -0.2) is 0 Å². The van der Waals surface area contributed by atoms with Crippen molar-refractivity contribution in [2.75, 3.05) is 4.90 Å². The second kappa shape index (κ2) is 15.2. The summed E-state index contributed by atoms with van der Waals surface area (Å²) in [6.45, 7) is 5.39. The van der Waals surface area contributed by atoms with E-state index in [2.05, 4.69) is 49.0 Å². The number of furan rings is 2. The number of fused-ring (bicyclic) bond motifs is 8. The van der Waals surface area contributed by atoms with E-state index >= 15 is 0 Å². The van der Waals surface area contributed by atoms with E-state index in [-0.39, 0.29) is 55.8 Å². The fourth-order valence-electron chi connectivity index (χ4n) is 8.83. The van der Waals surface area contributed by atoms with E-state index in [1.54, 1.807) is 24.3 Å². The maximum Gasteiger partial charge on any atom is 0.181 e.